The molecule has 0 spiro atoms. The highest BCUT2D eigenvalue weighted by atomic mass is 32.2. The zero-order valence-corrected chi connectivity index (χ0v) is 17.3. The van der Waals surface area contributed by atoms with Crippen LogP contribution in [0.15, 0.2) is 89.8 Å². The van der Waals surface area contributed by atoms with Gasteiger partial charge in [0, 0.05) is 11.4 Å². The van der Waals surface area contributed by atoms with Crippen molar-refractivity contribution in [2.45, 2.75) is 10.6 Å². The molecule has 10 heteroatoms. The van der Waals surface area contributed by atoms with Crippen molar-refractivity contribution in [3.8, 4) is 0 Å². The van der Waals surface area contributed by atoms with Crippen LogP contribution in [0.3, 0.4) is 0 Å². The number of urea groups is 1. The Bertz CT molecular complexity index is 1230. The maximum atomic E-state index is 12.5. The van der Waals surface area contributed by atoms with Crippen LogP contribution in [0.1, 0.15) is 5.56 Å². The first kappa shape index (κ1) is 21.3. The average Bonchev–Trinajstić information content (AvgIpc) is 2.68. The first-order valence-electron chi connectivity index (χ1n) is 8.77. The number of hydrogen-bond acceptors (Lipinski definition) is 5. The Kier molecular flexibility index (Phi) is 6.38. The zero-order valence-electron chi connectivity index (χ0n) is 15.6. The van der Waals surface area contributed by atoms with E-state index in [2.05, 4.69) is 10.0 Å². The summed E-state index contributed by atoms with van der Waals surface area (Å²) < 4.78 is 53.7. The number of hydrogen-bond donors (Lipinski definition) is 3. The molecule has 8 nitrogen and oxygen atoms in total. The molecule has 0 aromatic heterocycles. The molecule has 0 atom stereocenters. The highest BCUT2D eigenvalue weighted by Gasteiger charge is 2.18. The third-order valence-electron chi connectivity index (χ3n) is 3.88. The van der Waals surface area contributed by atoms with Gasteiger partial charge in [0.15, 0.2) is 0 Å². The molecule has 0 radical (unpaired) electrons. The number of anilines is 2. The predicted molar refractivity (Wildman–Crippen MR) is 115 cm³/mol. The molecule has 0 fully saturated rings. The molecular formula is C20H19N3O5S2. The van der Waals surface area contributed by atoms with Gasteiger partial charge in [-0.1, -0.05) is 54.6 Å². The summed E-state index contributed by atoms with van der Waals surface area (Å²) >= 11 is 0. The van der Waals surface area contributed by atoms with Crippen LogP contribution in [0.25, 0.3) is 0 Å². The first-order chi connectivity index (χ1) is 14.2. The fourth-order valence-corrected chi connectivity index (χ4v) is 4.73. The number of sulfonamides is 2. The van der Waals surface area contributed by atoms with Gasteiger partial charge >= 0.3 is 6.03 Å². The monoisotopic (exact) mass is 445 g/mol. The molecule has 0 aliphatic carbocycles. The Balaban J connectivity index is 1.68. The second kappa shape index (κ2) is 8.97. The number of carbonyl (C=O) groups excluding carboxylic acids is 1. The Morgan fingerprint density at radius 3 is 2.00 bits per heavy atom. The van der Waals surface area contributed by atoms with E-state index in [1.54, 1.807) is 60.7 Å². The van der Waals surface area contributed by atoms with Crippen molar-refractivity contribution >= 4 is 37.5 Å². The maximum absolute atomic E-state index is 12.5. The number of para-hydroxylation sites is 1. The Morgan fingerprint density at radius 2 is 1.33 bits per heavy atom. The van der Waals surface area contributed by atoms with E-state index in [-0.39, 0.29) is 16.3 Å². The standard InChI is InChI=1S/C20H19N3O5S2/c24-20(23-29(25,26)15-16-8-3-1-4-9-16)21-18-12-7-13-19(14-18)30(27,28)22-17-10-5-2-6-11-17/h1-14,22H,15H2,(H2,21,23,24). The lowest BCUT2D eigenvalue weighted by Gasteiger charge is -2.11. The van der Waals surface area contributed by atoms with E-state index in [1.807, 2.05) is 4.72 Å². The highest BCUT2D eigenvalue weighted by Crippen LogP contribution is 2.19. The molecule has 156 valence electrons. The number of benzene rings is 3. The summed E-state index contributed by atoms with van der Waals surface area (Å²) in [6.45, 7) is 0. The summed E-state index contributed by atoms with van der Waals surface area (Å²) in [5.41, 5.74) is 1.04. The summed E-state index contributed by atoms with van der Waals surface area (Å²) in [4.78, 5) is 12.0. The minimum Gasteiger partial charge on any atom is -0.307 e. The van der Waals surface area contributed by atoms with E-state index in [4.69, 9.17) is 0 Å². The lowest BCUT2D eigenvalue weighted by atomic mass is 10.2. The van der Waals surface area contributed by atoms with Crippen LogP contribution < -0.4 is 14.8 Å². The lowest BCUT2D eigenvalue weighted by Crippen LogP contribution is -2.35. The molecule has 2 amide bonds. The van der Waals surface area contributed by atoms with Crippen molar-refractivity contribution in [3.63, 3.8) is 0 Å². The lowest BCUT2D eigenvalue weighted by molar-refractivity contribution is 0.256. The minimum absolute atomic E-state index is 0.0868. The Labute approximate surface area is 175 Å². The fraction of sp³-hybridized carbons (Fsp3) is 0.0500. The number of rotatable bonds is 7. The summed E-state index contributed by atoms with van der Waals surface area (Å²) in [6, 6.07) is 21.2. The number of carbonyl (C=O) groups is 1. The molecule has 3 rings (SSSR count). The van der Waals surface area contributed by atoms with Gasteiger partial charge in [0.05, 0.1) is 10.6 Å². The van der Waals surface area contributed by atoms with E-state index < -0.39 is 26.1 Å². The van der Waals surface area contributed by atoms with Gasteiger partial charge in [-0.2, -0.15) is 0 Å². The zero-order chi connectivity index (χ0) is 21.6. The van der Waals surface area contributed by atoms with Crippen LogP contribution in [0.4, 0.5) is 16.2 Å². The summed E-state index contributed by atoms with van der Waals surface area (Å²) in [7, 11) is -7.81. The molecule has 0 bridgehead atoms. The van der Waals surface area contributed by atoms with Gasteiger partial charge in [0.1, 0.15) is 0 Å². The average molecular weight is 446 g/mol. The Hall–Kier alpha value is -3.37. The second-order valence-electron chi connectivity index (χ2n) is 6.30. The summed E-state index contributed by atoms with van der Waals surface area (Å²) in [5, 5.41) is 2.34. The number of amides is 2. The van der Waals surface area contributed by atoms with E-state index in [0.717, 1.165) is 0 Å². The van der Waals surface area contributed by atoms with Gasteiger partial charge in [0.2, 0.25) is 10.0 Å². The Morgan fingerprint density at radius 1 is 0.733 bits per heavy atom. The SMILES string of the molecule is O=C(Nc1cccc(S(=O)(=O)Nc2ccccc2)c1)NS(=O)(=O)Cc1ccccc1. The van der Waals surface area contributed by atoms with Crippen LogP contribution in [0, 0.1) is 0 Å². The smallest absolute Gasteiger partial charge is 0.307 e. The van der Waals surface area contributed by atoms with Gasteiger partial charge in [-0.05, 0) is 35.9 Å². The molecule has 0 heterocycles. The van der Waals surface area contributed by atoms with Crippen molar-refractivity contribution in [2.24, 2.45) is 0 Å². The summed E-state index contributed by atoms with van der Waals surface area (Å²) in [5.74, 6) is -0.364. The third kappa shape index (κ3) is 6.06. The van der Waals surface area contributed by atoms with Gasteiger partial charge in [-0.15, -0.1) is 0 Å². The minimum atomic E-state index is -3.93. The van der Waals surface area contributed by atoms with Gasteiger partial charge in [-0.25, -0.2) is 26.4 Å². The maximum Gasteiger partial charge on any atom is 0.332 e. The molecule has 0 aliphatic heterocycles. The molecule has 0 aliphatic rings. The van der Waals surface area contributed by atoms with Crippen LogP contribution in [0.2, 0.25) is 0 Å². The van der Waals surface area contributed by atoms with Gasteiger partial charge in [-0.3, -0.25) is 4.72 Å². The molecule has 0 saturated carbocycles. The molecule has 3 aromatic carbocycles. The van der Waals surface area contributed by atoms with Crippen LogP contribution >= 0.6 is 0 Å². The molecule has 3 aromatic rings. The largest absolute Gasteiger partial charge is 0.332 e. The van der Waals surface area contributed by atoms with Crippen molar-refractivity contribution < 1.29 is 21.6 Å². The van der Waals surface area contributed by atoms with Gasteiger partial charge < -0.3 is 5.32 Å². The second-order valence-corrected chi connectivity index (χ2v) is 9.70. The quantitative estimate of drug-likeness (QED) is 0.516. The van der Waals surface area contributed by atoms with Crippen molar-refractivity contribution in [3.05, 3.63) is 90.5 Å². The van der Waals surface area contributed by atoms with Crippen LogP contribution in [-0.2, 0) is 25.8 Å². The van der Waals surface area contributed by atoms with E-state index in [1.165, 1.54) is 24.3 Å². The van der Waals surface area contributed by atoms with Crippen LogP contribution in [0.5, 0.6) is 0 Å². The van der Waals surface area contributed by atoms with E-state index >= 15 is 0 Å². The molecule has 0 unspecified atom stereocenters. The van der Waals surface area contributed by atoms with Crippen LogP contribution in [-0.4, -0.2) is 22.9 Å². The predicted octanol–water partition coefficient (Wildman–Crippen LogP) is 3.14. The van der Waals surface area contributed by atoms with Crippen molar-refractivity contribution in [2.75, 3.05) is 10.0 Å². The highest BCUT2D eigenvalue weighted by molar-refractivity contribution is 7.92. The topological polar surface area (TPSA) is 121 Å². The number of nitrogens with one attached hydrogen (secondary N) is 3. The van der Waals surface area contributed by atoms with E-state index in [0.29, 0.717) is 11.3 Å². The third-order valence-corrected chi connectivity index (χ3v) is 6.46. The molecular weight excluding hydrogens is 426 g/mol. The molecule has 0 saturated heterocycles. The van der Waals surface area contributed by atoms with E-state index in [9.17, 15) is 21.6 Å². The first-order valence-corrected chi connectivity index (χ1v) is 11.9. The normalized spacial score (nSPS) is 11.5. The summed E-state index contributed by atoms with van der Waals surface area (Å²) in [6.07, 6.45) is 0. The van der Waals surface area contributed by atoms with Crippen molar-refractivity contribution in [1.29, 1.82) is 0 Å². The molecule has 30 heavy (non-hydrogen) atoms. The fourth-order valence-electron chi connectivity index (χ4n) is 2.59. The van der Waals surface area contributed by atoms with Gasteiger partial charge in [0.25, 0.3) is 10.0 Å². The van der Waals surface area contributed by atoms with Crippen molar-refractivity contribution in [1.82, 2.24) is 4.72 Å². The molecule has 3 N–H and O–H groups in total.